The highest BCUT2D eigenvalue weighted by Gasteiger charge is 2.24. The Morgan fingerprint density at radius 3 is 2.32 bits per heavy atom. The van der Waals surface area contributed by atoms with Crippen molar-refractivity contribution in [2.45, 2.75) is 32.9 Å². The number of thiophene rings is 1. The Morgan fingerprint density at radius 1 is 1.26 bits per heavy atom. The highest BCUT2D eigenvalue weighted by atomic mass is 35.5. The number of nitrogens with one attached hydrogen (secondary N) is 2. The fourth-order valence-electron chi connectivity index (χ4n) is 1.53. The molecule has 5 nitrogen and oxygen atoms in total. The van der Waals surface area contributed by atoms with Gasteiger partial charge in [0.1, 0.15) is 6.04 Å². The van der Waals surface area contributed by atoms with Gasteiger partial charge in [-0.1, -0.05) is 25.4 Å². The van der Waals surface area contributed by atoms with Gasteiger partial charge in [-0.2, -0.15) is 0 Å². The number of aliphatic carboxylic acids is 1. The predicted octanol–water partition coefficient (Wildman–Crippen LogP) is 2.87. The number of carbonyl (C=O) groups is 2. The molecule has 1 unspecified atom stereocenters. The Hall–Kier alpha value is -1.27. The fourth-order valence-corrected chi connectivity index (χ4v) is 2.59. The molecule has 0 aromatic carbocycles. The van der Waals surface area contributed by atoms with Crippen LogP contribution < -0.4 is 10.6 Å². The van der Waals surface area contributed by atoms with E-state index in [1.807, 2.05) is 13.0 Å². The molecule has 3 N–H and O–H groups in total. The molecule has 1 aromatic heterocycles. The molecule has 2 atom stereocenters. The largest absolute Gasteiger partial charge is 0.480 e. The first kappa shape index (κ1) is 15.8. The molecule has 0 saturated carbocycles. The molecule has 0 aliphatic carbocycles. The van der Waals surface area contributed by atoms with Crippen LogP contribution in [-0.4, -0.2) is 23.1 Å². The van der Waals surface area contributed by atoms with Crippen molar-refractivity contribution in [3.05, 3.63) is 21.3 Å². The molecule has 0 aliphatic heterocycles. The van der Waals surface area contributed by atoms with E-state index in [2.05, 4.69) is 10.6 Å². The van der Waals surface area contributed by atoms with Crippen LogP contribution in [0.3, 0.4) is 0 Å². The quantitative estimate of drug-likeness (QED) is 0.782. The van der Waals surface area contributed by atoms with Gasteiger partial charge in [-0.3, -0.25) is 0 Å². The molecule has 2 amide bonds. The molecule has 0 saturated heterocycles. The van der Waals surface area contributed by atoms with E-state index >= 15 is 0 Å². The summed E-state index contributed by atoms with van der Waals surface area (Å²) in [6.07, 6.45) is 0. The summed E-state index contributed by atoms with van der Waals surface area (Å²) in [4.78, 5) is 23.6. The van der Waals surface area contributed by atoms with E-state index in [0.29, 0.717) is 4.34 Å². The molecule has 7 heteroatoms. The number of carboxylic acid groups (broad SMARTS) is 1. The zero-order valence-electron chi connectivity index (χ0n) is 10.9. The van der Waals surface area contributed by atoms with Crippen molar-refractivity contribution in [3.63, 3.8) is 0 Å². The second-order valence-electron chi connectivity index (χ2n) is 4.54. The van der Waals surface area contributed by atoms with Crippen LogP contribution in [0.4, 0.5) is 4.79 Å². The number of amides is 2. The number of halogens is 1. The summed E-state index contributed by atoms with van der Waals surface area (Å²) in [7, 11) is 0. The summed E-state index contributed by atoms with van der Waals surface area (Å²) >= 11 is 7.20. The molecule has 19 heavy (non-hydrogen) atoms. The summed E-state index contributed by atoms with van der Waals surface area (Å²) in [6, 6.07) is 1.96. The molecule has 0 fully saturated rings. The van der Waals surface area contributed by atoms with E-state index < -0.39 is 18.0 Å². The van der Waals surface area contributed by atoms with E-state index in [1.54, 1.807) is 19.9 Å². The Labute approximate surface area is 121 Å². The first-order chi connectivity index (χ1) is 8.81. The van der Waals surface area contributed by atoms with Crippen LogP contribution in [-0.2, 0) is 4.79 Å². The normalized spacial score (nSPS) is 13.9. The molecule has 0 radical (unpaired) electrons. The number of rotatable bonds is 5. The summed E-state index contributed by atoms with van der Waals surface area (Å²) in [6.45, 7) is 5.29. The molecule has 1 aromatic rings. The number of hydrogen-bond donors (Lipinski definition) is 3. The number of carboxylic acids is 1. The van der Waals surface area contributed by atoms with E-state index in [-0.39, 0.29) is 12.0 Å². The van der Waals surface area contributed by atoms with Crippen LogP contribution in [0.15, 0.2) is 12.1 Å². The lowest BCUT2D eigenvalue weighted by Gasteiger charge is -2.20. The molecule has 0 aliphatic rings. The van der Waals surface area contributed by atoms with Gasteiger partial charge in [0.15, 0.2) is 0 Å². The monoisotopic (exact) mass is 304 g/mol. The van der Waals surface area contributed by atoms with Crippen molar-refractivity contribution in [2.24, 2.45) is 5.92 Å². The van der Waals surface area contributed by atoms with Gasteiger partial charge in [0.2, 0.25) is 0 Å². The van der Waals surface area contributed by atoms with Crippen LogP contribution >= 0.6 is 22.9 Å². The third kappa shape index (κ3) is 4.72. The average molecular weight is 305 g/mol. The predicted molar refractivity (Wildman–Crippen MR) is 75.7 cm³/mol. The summed E-state index contributed by atoms with van der Waals surface area (Å²) in [5.74, 6) is -1.23. The van der Waals surface area contributed by atoms with E-state index in [4.69, 9.17) is 16.7 Å². The van der Waals surface area contributed by atoms with Crippen molar-refractivity contribution in [1.82, 2.24) is 10.6 Å². The summed E-state index contributed by atoms with van der Waals surface area (Å²) in [5.41, 5.74) is 0. The van der Waals surface area contributed by atoms with Crippen molar-refractivity contribution < 1.29 is 14.7 Å². The fraction of sp³-hybridized carbons (Fsp3) is 0.500. The highest BCUT2D eigenvalue weighted by Crippen LogP contribution is 2.26. The third-order valence-electron chi connectivity index (χ3n) is 2.59. The highest BCUT2D eigenvalue weighted by molar-refractivity contribution is 7.16. The SMILES string of the molecule is CC(NC(=O)N[C@H](C(=O)O)C(C)C)c1ccc(Cl)s1. The van der Waals surface area contributed by atoms with Crippen LogP contribution in [0, 0.1) is 5.92 Å². The second kappa shape index (κ2) is 6.77. The van der Waals surface area contributed by atoms with Crippen LogP contribution in [0.25, 0.3) is 0 Å². The maximum absolute atomic E-state index is 11.7. The van der Waals surface area contributed by atoms with Crippen LogP contribution in [0.1, 0.15) is 31.7 Å². The van der Waals surface area contributed by atoms with Gasteiger partial charge in [-0.15, -0.1) is 11.3 Å². The Balaban J connectivity index is 2.57. The molecule has 0 bridgehead atoms. The van der Waals surface area contributed by atoms with Gasteiger partial charge in [0, 0.05) is 4.88 Å². The van der Waals surface area contributed by atoms with Crippen molar-refractivity contribution in [3.8, 4) is 0 Å². The van der Waals surface area contributed by atoms with Gasteiger partial charge in [0.25, 0.3) is 0 Å². The Bertz CT molecular complexity index is 462. The summed E-state index contributed by atoms with van der Waals surface area (Å²) in [5, 5.41) is 14.1. The van der Waals surface area contributed by atoms with Gasteiger partial charge in [-0.05, 0) is 25.0 Å². The topological polar surface area (TPSA) is 78.4 Å². The summed E-state index contributed by atoms with van der Waals surface area (Å²) < 4.78 is 0.648. The lowest BCUT2D eigenvalue weighted by Crippen LogP contribution is -2.49. The molecular weight excluding hydrogens is 288 g/mol. The van der Waals surface area contributed by atoms with E-state index in [0.717, 1.165) is 4.88 Å². The minimum absolute atomic E-state index is 0.185. The van der Waals surface area contributed by atoms with Crippen molar-refractivity contribution in [2.75, 3.05) is 0 Å². The van der Waals surface area contributed by atoms with E-state index in [9.17, 15) is 9.59 Å². The molecule has 1 heterocycles. The average Bonchev–Trinajstić information content (AvgIpc) is 2.72. The van der Waals surface area contributed by atoms with Gasteiger partial charge < -0.3 is 15.7 Å². The minimum atomic E-state index is -1.04. The smallest absolute Gasteiger partial charge is 0.326 e. The number of hydrogen-bond acceptors (Lipinski definition) is 3. The van der Waals surface area contributed by atoms with Gasteiger partial charge in [0.05, 0.1) is 10.4 Å². The van der Waals surface area contributed by atoms with Crippen molar-refractivity contribution in [1.29, 1.82) is 0 Å². The Kier molecular flexibility index (Phi) is 5.62. The lowest BCUT2D eigenvalue weighted by molar-refractivity contribution is -0.140. The maximum atomic E-state index is 11.7. The van der Waals surface area contributed by atoms with E-state index in [1.165, 1.54) is 11.3 Å². The second-order valence-corrected chi connectivity index (χ2v) is 6.29. The van der Waals surface area contributed by atoms with Crippen LogP contribution in [0.2, 0.25) is 4.34 Å². The first-order valence-electron chi connectivity index (χ1n) is 5.86. The minimum Gasteiger partial charge on any atom is -0.480 e. The van der Waals surface area contributed by atoms with Crippen molar-refractivity contribution >= 4 is 34.9 Å². The Morgan fingerprint density at radius 2 is 1.89 bits per heavy atom. The van der Waals surface area contributed by atoms with Crippen LogP contribution in [0.5, 0.6) is 0 Å². The maximum Gasteiger partial charge on any atom is 0.326 e. The number of urea groups is 1. The zero-order chi connectivity index (χ0) is 14.6. The molecular formula is C12H17ClN2O3S. The number of carbonyl (C=O) groups excluding carboxylic acids is 1. The first-order valence-corrected chi connectivity index (χ1v) is 7.05. The molecule has 1 rings (SSSR count). The standard InChI is InChI=1S/C12H17ClN2O3S/c1-6(2)10(11(16)17)15-12(18)14-7(3)8-4-5-9(13)19-8/h4-7,10H,1-3H3,(H,16,17)(H2,14,15,18)/t7?,10-/m0/s1. The molecule has 106 valence electrons. The van der Waals surface area contributed by atoms with Gasteiger partial charge >= 0.3 is 12.0 Å². The third-order valence-corrected chi connectivity index (χ3v) is 4.00. The zero-order valence-corrected chi connectivity index (χ0v) is 12.5. The lowest BCUT2D eigenvalue weighted by atomic mass is 10.1. The van der Waals surface area contributed by atoms with Gasteiger partial charge in [-0.25, -0.2) is 9.59 Å². The molecule has 0 spiro atoms.